The highest BCUT2D eigenvalue weighted by Crippen LogP contribution is 2.02. The number of rotatable bonds is 13. The van der Waals surface area contributed by atoms with E-state index in [2.05, 4.69) is 20.6 Å². The van der Waals surface area contributed by atoms with Crippen LogP contribution < -0.4 is 21.7 Å². The third kappa shape index (κ3) is 9.22. The topological polar surface area (TPSA) is 237 Å². The van der Waals surface area contributed by atoms with Crippen molar-refractivity contribution < 1.29 is 39.3 Å². The van der Waals surface area contributed by atoms with Gasteiger partial charge in [-0.3, -0.25) is 19.2 Å². The van der Waals surface area contributed by atoms with Gasteiger partial charge < -0.3 is 42.0 Å². The van der Waals surface area contributed by atoms with Crippen molar-refractivity contribution >= 4 is 29.7 Å². The van der Waals surface area contributed by atoms with Crippen LogP contribution in [0, 0.1) is 0 Å². The van der Waals surface area contributed by atoms with E-state index in [-0.39, 0.29) is 12.8 Å². The summed E-state index contributed by atoms with van der Waals surface area (Å²) in [6.45, 7) is 0.511. The zero-order valence-electron chi connectivity index (χ0n) is 16.7. The maximum atomic E-state index is 12.4. The number of aliphatic hydroxyl groups is 1. The molecule has 31 heavy (non-hydrogen) atoms. The van der Waals surface area contributed by atoms with Gasteiger partial charge >= 0.3 is 11.9 Å². The number of H-pyrrole nitrogens is 1. The lowest BCUT2D eigenvalue weighted by atomic mass is 10.1. The zero-order valence-corrected chi connectivity index (χ0v) is 16.7. The number of amides is 3. The minimum absolute atomic E-state index is 0.0947. The first kappa shape index (κ1) is 25.5. The van der Waals surface area contributed by atoms with Gasteiger partial charge in [-0.25, -0.2) is 9.78 Å². The van der Waals surface area contributed by atoms with Crippen LogP contribution in [-0.2, 0) is 30.4 Å². The van der Waals surface area contributed by atoms with Crippen LogP contribution in [0.2, 0.25) is 0 Å². The molecule has 0 bridgehead atoms. The van der Waals surface area contributed by atoms with E-state index in [9.17, 15) is 29.1 Å². The number of carbonyl (C=O) groups excluding carboxylic acids is 3. The van der Waals surface area contributed by atoms with Crippen LogP contribution in [0.25, 0.3) is 0 Å². The number of nitrogens with two attached hydrogens (primary N) is 1. The second-order valence-corrected chi connectivity index (χ2v) is 6.72. The molecule has 9 N–H and O–H groups in total. The summed E-state index contributed by atoms with van der Waals surface area (Å²) in [7, 11) is 0. The zero-order chi connectivity index (χ0) is 23.6. The number of carbonyl (C=O) groups is 5. The van der Waals surface area contributed by atoms with E-state index in [0.29, 0.717) is 5.69 Å². The Balaban J connectivity index is 2.68. The highest BCUT2D eigenvalue weighted by molar-refractivity contribution is 5.92. The molecule has 3 amide bonds. The van der Waals surface area contributed by atoms with Crippen molar-refractivity contribution in [1.82, 2.24) is 25.9 Å². The van der Waals surface area contributed by atoms with E-state index < -0.39 is 66.9 Å². The fourth-order valence-corrected chi connectivity index (χ4v) is 2.45. The molecule has 1 aromatic heterocycles. The number of aromatic amines is 1. The maximum absolute atomic E-state index is 12.4. The van der Waals surface area contributed by atoms with E-state index in [1.54, 1.807) is 0 Å². The van der Waals surface area contributed by atoms with Crippen LogP contribution in [0.1, 0.15) is 25.5 Å². The molecule has 4 atom stereocenters. The Morgan fingerprint density at radius 3 is 2.35 bits per heavy atom. The highest BCUT2D eigenvalue weighted by atomic mass is 16.4. The van der Waals surface area contributed by atoms with Gasteiger partial charge in [0.15, 0.2) is 6.04 Å². The second-order valence-electron chi connectivity index (χ2n) is 6.72. The number of aliphatic hydroxyl groups excluding tert-OH is 1. The first-order valence-corrected chi connectivity index (χ1v) is 9.24. The average Bonchev–Trinajstić information content (AvgIpc) is 3.19. The first-order valence-electron chi connectivity index (χ1n) is 9.24. The maximum Gasteiger partial charge on any atom is 0.328 e. The number of aliphatic carboxylic acids is 2. The molecule has 1 rings (SSSR count). The van der Waals surface area contributed by atoms with Gasteiger partial charge in [-0.1, -0.05) is 0 Å². The monoisotopic (exact) mass is 442 g/mol. The largest absolute Gasteiger partial charge is 0.481 e. The van der Waals surface area contributed by atoms with Crippen molar-refractivity contribution in [3.8, 4) is 0 Å². The quantitative estimate of drug-likeness (QED) is 0.151. The molecule has 0 aliphatic carbocycles. The molecular weight excluding hydrogens is 416 g/mol. The van der Waals surface area contributed by atoms with Gasteiger partial charge in [0.2, 0.25) is 17.7 Å². The summed E-state index contributed by atoms with van der Waals surface area (Å²) >= 11 is 0. The van der Waals surface area contributed by atoms with E-state index in [1.807, 2.05) is 5.32 Å². The van der Waals surface area contributed by atoms with Crippen molar-refractivity contribution in [3.05, 3.63) is 18.2 Å². The number of hydrogen-bond acceptors (Lipinski definition) is 8. The van der Waals surface area contributed by atoms with Gasteiger partial charge in [-0.05, 0) is 13.3 Å². The van der Waals surface area contributed by atoms with Gasteiger partial charge in [0.1, 0.15) is 6.04 Å². The lowest BCUT2D eigenvalue weighted by Gasteiger charge is -2.21. The molecular formula is C17H26N6O8. The second kappa shape index (κ2) is 12.2. The summed E-state index contributed by atoms with van der Waals surface area (Å²) < 4.78 is 0. The van der Waals surface area contributed by atoms with Crippen LogP contribution in [0.3, 0.4) is 0 Å². The number of nitrogens with one attached hydrogen (secondary N) is 4. The lowest BCUT2D eigenvalue weighted by molar-refractivity contribution is -0.144. The van der Waals surface area contributed by atoms with Crippen molar-refractivity contribution in [3.63, 3.8) is 0 Å². The Kier molecular flexibility index (Phi) is 10.1. The van der Waals surface area contributed by atoms with Crippen molar-refractivity contribution in [2.75, 3.05) is 6.54 Å². The SMILES string of the molecule is CC(O)C(NC(=O)CNC(=O)C(CCC(=O)O)NC(=O)C(N)Cc1cnc[nH]1)C(=O)O. The third-order valence-electron chi connectivity index (χ3n) is 4.10. The third-order valence-corrected chi connectivity index (χ3v) is 4.10. The van der Waals surface area contributed by atoms with Gasteiger partial charge in [-0.2, -0.15) is 0 Å². The Morgan fingerprint density at radius 1 is 1.16 bits per heavy atom. The predicted octanol–water partition coefficient (Wildman–Crippen LogP) is -3.30. The van der Waals surface area contributed by atoms with Crippen LogP contribution in [0.4, 0.5) is 0 Å². The molecule has 1 heterocycles. The van der Waals surface area contributed by atoms with E-state index in [0.717, 1.165) is 0 Å². The summed E-state index contributed by atoms with van der Waals surface area (Å²) in [6.07, 6.45) is 0.882. The molecule has 1 aromatic rings. The van der Waals surface area contributed by atoms with Gasteiger partial charge in [0.05, 0.1) is 25.0 Å². The minimum Gasteiger partial charge on any atom is -0.481 e. The van der Waals surface area contributed by atoms with Crippen LogP contribution in [0.5, 0.6) is 0 Å². The minimum atomic E-state index is -1.58. The molecule has 0 saturated heterocycles. The Bertz CT molecular complexity index is 782. The molecule has 0 saturated carbocycles. The number of hydrogen-bond donors (Lipinski definition) is 8. The van der Waals surface area contributed by atoms with E-state index in [1.165, 1.54) is 19.4 Å². The van der Waals surface area contributed by atoms with Crippen molar-refractivity contribution in [2.45, 2.75) is 50.4 Å². The molecule has 0 radical (unpaired) electrons. The van der Waals surface area contributed by atoms with Crippen LogP contribution in [-0.4, -0.2) is 85.7 Å². The first-order chi connectivity index (χ1) is 14.5. The van der Waals surface area contributed by atoms with Crippen LogP contribution >= 0.6 is 0 Å². The summed E-state index contributed by atoms with van der Waals surface area (Å²) in [4.78, 5) is 64.9. The smallest absolute Gasteiger partial charge is 0.328 e. The number of carboxylic acid groups (broad SMARTS) is 2. The molecule has 14 nitrogen and oxygen atoms in total. The molecule has 0 fully saturated rings. The number of aromatic nitrogens is 2. The Hall–Kier alpha value is -3.52. The van der Waals surface area contributed by atoms with E-state index >= 15 is 0 Å². The summed E-state index contributed by atoms with van der Waals surface area (Å²) in [5.74, 6) is -5.15. The van der Waals surface area contributed by atoms with E-state index in [4.69, 9.17) is 15.9 Å². The molecule has 0 aliphatic rings. The normalized spacial score (nSPS) is 14.5. The number of nitrogens with zero attached hydrogens (tertiary/aromatic N) is 1. The predicted molar refractivity (Wildman–Crippen MR) is 103 cm³/mol. The summed E-state index contributed by atoms with van der Waals surface area (Å²) in [6, 6.07) is -3.92. The molecule has 172 valence electrons. The molecule has 0 aromatic carbocycles. The number of imidazole rings is 1. The van der Waals surface area contributed by atoms with Gasteiger partial charge in [0, 0.05) is 24.7 Å². The molecule has 0 aliphatic heterocycles. The number of carboxylic acids is 2. The highest BCUT2D eigenvalue weighted by Gasteiger charge is 2.27. The Morgan fingerprint density at radius 2 is 1.84 bits per heavy atom. The van der Waals surface area contributed by atoms with Crippen molar-refractivity contribution in [1.29, 1.82) is 0 Å². The van der Waals surface area contributed by atoms with Crippen LogP contribution in [0.15, 0.2) is 12.5 Å². The van der Waals surface area contributed by atoms with Crippen molar-refractivity contribution in [2.24, 2.45) is 5.73 Å². The molecule has 14 heteroatoms. The standard InChI is InChI=1S/C17H26N6O8/c1-8(24)14(17(30)31)23-12(25)6-20-16(29)11(2-3-13(26)27)22-15(28)10(18)4-9-5-19-7-21-9/h5,7-8,10-11,14,24H,2-4,6,18H2,1H3,(H,19,21)(H,20,29)(H,22,28)(H,23,25)(H,26,27)(H,30,31). The summed E-state index contributed by atoms with van der Waals surface area (Å²) in [5.41, 5.74) is 6.38. The Labute approximate surface area is 176 Å². The fourth-order valence-electron chi connectivity index (χ4n) is 2.45. The molecule has 0 spiro atoms. The lowest BCUT2D eigenvalue weighted by Crippen LogP contribution is -2.54. The van der Waals surface area contributed by atoms with Gasteiger partial charge in [-0.15, -0.1) is 0 Å². The molecule has 4 unspecified atom stereocenters. The van der Waals surface area contributed by atoms with Gasteiger partial charge in [0.25, 0.3) is 0 Å². The average molecular weight is 442 g/mol. The fraction of sp³-hybridized carbons (Fsp3) is 0.529. The summed E-state index contributed by atoms with van der Waals surface area (Å²) in [5, 5.41) is 33.7.